The number of carbonyl (C=O) groups is 1. The Balaban J connectivity index is 0. The first-order valence-electron chi connectivity index (χ1n) is 2.81. The number of hydrogen-bond acceptors (Lipinski definition) is 1. The third-order valence-electron chi connectivity index (χ3n) is 0.658. The van der Waals surface area contributed by atoms with Crippen LogP contribution in [-0.4, -0.2) is 35.6 Å². The fraction of sp³-hybridized carbons (Fsp3) is 0.800. The van der Waals surface area contributed by atoms with Gasteiger partial charge in [0.1, 0.15) is 0 Å². The number of alkyl halides is 4. The van der Waals surface area contributed by atoms with Crippen LogP contribution in [0.3, 0.4) is 0 Å². The summed E-state index contributed by atoms with van der Waals surface area (Å²) in [6, 6.07) is 0. The molecule has 0 rings (SSSR count). The van der Waals surface area contributed by atoms with Gasteiger partial charge in [-0.1, -0.05) is 0 Å². The van der Waals surface area contributed by atoms with E-state index in [1.165, 1.54) is 0 Å². The van der Waals surface area contributed by atoms with E-state index >= 15 is 0 Å². The average molecular weight is 192 g/mol. The Labute approximate surface area is 65.6 Å². The molecule has 0 bridgehead atoms. The minimum Gasteiger partial charge on any atom is -0.450 e. The molecule has 0 saturated carbocycles. The van der Waals surface area contributed by atoms with Gasteiger partial charge in [0.2, 0.25) is 0 Å². The summed E-state index contributed by atoms with van der Waals surface area (Å²) in [4.78, 5) is 8.56. The monoisotopic (exact) mass is 192 g/mol. The SMILES string of the molecule is FCCC(F)C(F)F.O=C(O)O. The van der Waals surface area contributed by atoms with Crippen molar-refractivity contribution in [2.45, 2.75) is 19.0 Å². The van der Waals surface area contributed by atoms with Gasteiger partial charge in [-0.3, -0.25) is 4.39 Å². The second-order valence-electron chi connectivity index (χ2n) is 1.61. The minimum atomic E-state index is -3.04. The van der Waals surface area contributed by atoms with Gasteiger partial charge >= 0.3 is 6.16 Å². The summed E-state index contributed by atoms with van der Waals surface area (Å²) >= 11 is 0. The van der Waals surface area contributed by atoms with Gasteiger partial charge in [0.15, 0.2) is 6.17 Å². The molecule has 0 aromatic carbocycles. The van der Waals surface area contributed by atoms with Crippen LogP contribution in [-0.2, 0) is 0 Å². The molecule has 0 amide bonds. The van der Waals surface area contributed by atoms with Crippen molar-refractivity contribution in [2.24, 2.45) is 0 Å². The average Bonchev–Trinajstić information content (AvgIpc) is 1.86. The highest BCUT2D eigenvalue weighted by molar-refractivity contribution is 5.53. The third kappa shape index (κ3) is 16.0. The molecule has 0 aliphatic rings. The molecule has 74 valence electrons. The van der Waals surface area contributed by atoms with Gasteiger partial charge < -0.3 is 10.2 Å². The number of rotatable bonds is 3. The van der Waals surface area contributed by atoms with Crippen molar-refractivity contribution in [1.82, 2.24) is 0 Å². The zero-order valence-electron chi connectivity index (χ0n) is 5.88. The van der Waals surface area contributed by atoms with E-state index in [-0.39, 0.29) is 0 Å². The molecule has 0 aliphatic heterocycles. The Bertz CT molecular complexity index is 115. The summed E-state index contributed by atoms with van der Waals surface area (Å²) < 4.78 is 44.7. The highest BCUT2D eigenvalue weighted by Crippen LogP contribution is 2.08. The molecule has 0 radical (unpaired) electrons. The van der Waals surface area contributed by atoms with E-state index in [2.05, 4.69) is 0 Å². The smallest absolute Gasteiger partial charge is 0.450 e. The van der Waals surface area contributed by atoms with Crippen LogP contribution >= 0.6 is 0 Å². The molecular formula is C5H8F4O3. The maximum atomic E-state index is 11.5. The summed E-state index contributed by atoms with van der Waals surface area (Å²) in [5.74, 6) is 0. The topological polar surface area (TPSA) is 57.5 Å². The van der Waals surface area contributed by atoms with E-state index in [1.807, 2.05) is 0 Å². The molecule has 0 aromatic heterocycles. The predicted octanol–water partition coefficient (Wildman–Crippen LogP) is 2.17. The van der Waals surface area contributed by atoms with Crippen molar-refractivity contribution in [1.29, 1.82) is 0 Å². The summed E-state index contributed by atoms with van der Waals surface area (Å²) in [5, 5.41) is 13.9. The minimum absolute atomic E-state index is 0.697. The van der Waals surface area contributed by atoms with Gasteiger partial charge in [0, 0.05) is 6.42 Å². The summed E-state index contributed by atoms with van der Waals surface area (Å²) in [6.07, 6.45) is -7.86. The van der Waals surface area contributed by atoms with Crippen molar-refractivity contribution in [3.8, 4) is 0 Å². The summed E-state index contributed by atoms with van der Waals surface area (Å²) in [7, 11) is 0. The first-order chi connectivity index (χ1) is 5.41. The van der Waals surface area contributed by atoms with Crippen molar-refractivity contribution in [2.75, 3.05) is 6.67 Å². The quantitative estimate of drug-likeness (QED) is 0.673. The molecule has 12 heavy (non-hydrogen) atoms. The molecule has 1 unspecified atom stereocenters. The Kier molecular flexibility index (Phi) is 9.15. The fourth-order valence-corrected chi connectivity index (χ4v) is 0.230. The van der Waals surface area contributed by atoms with Gasteiger partial charge in [0.25, 0.3) is 6.43 Å². The molecular weight excluding hydrogens is 184 g/mol. The number of halogens is 4. The largest absolute Gasteiger partial charge is 0.503 e. The van der Waals surface area contributed by atoms with Gasteiger partial charge in [-0.25, -0.2) is 18.0 Å². The third-order valence-corrected chi connectivity index (χ3v) is 0.658. The fourth-order valence-electron chi connectivity index (χ4n) is 0.230. The zero-order chi connectivity index (χ0) is 10.1. The van der Waals surface area contributed by atoms with E-state index in [9.17, 15) is 17.6 Å². The molecule has 0 fully saturated rings. The Morgan fingerprint density at radius 2 is 1.58 bits per heavy atom. The normalized spacial score (nSPS) is 11.8. The molecule has 0 spiro atoms. The zero-order valence-corrected chi connectivity index (χ0v) is 5.88. The second-order valence-corrected chi connectivity index (χ2v) is 1.61. The molecule has 7 heteroatoms. The van der Waals surface area contributed by atoms with Crippen LogP contribution in [0.4, 0.5) is 22.4 Å². The number of hydrogen-bond donors (Lipinski definition) is 2. The lowest BCUT2D eigenvalue weighted by atomic mass is 10.3. The molecule has 0 saturated heterocycles. The van der Waals surface area contributed by atoms with Crippen LogP contribution in [0.1, 0.15) is 6.42 Å². The molecule has 0 heterocycles. The van der Waals surface area contributed by atoms with E-state index in [0.717, 1.165) is 0 Å². The first kappa shape index (κ1) is 13.6. The lowest BCUT2D eigenvalue weighted by molar-refractivity contribution is 0.0418. The molecule has 3 nitrogen and oxygen atoms in total. The van der Waals surface area contributed by atoms with E-state index < -0.39 is 31.8 Å². The Morgan fingerprint density at radius 3 is 1.67 bits per heavy atom. The summed E-state index contributed by atoms with van der Waals surface area (Å²) in [5.41, 5.74) is 0. The van der Waals surface area contributed by atoms with Gasteiger partial charge in [0.05, 0.1) is 6.67 Å². The summed E-state index contributed by atoms with van der Waals surface area (Å²) in [6.45, 7) is -1.02. The van der Waals surface area contributed by atoms with Crippen LogP contribution in [0, 0.1) is 0 Å². The van der Waals surface area contributed by atoms with E-state index in [1.54, 1.807) is 0 Å². The van der Waals surface area contributed by atoms with Crippen LogP contribution in [0.25, 0.3) is 0 Å². The molecule has 0 aliphatic carbocycles. The maximum absolute atomic E-state index is 11.5. The highest BCUT2D eigenvalue weighted by Gasteiger charge is 2.17. The molecule has 1 atom stereocenters. The Hall–Kier alpha value is -1.01. The van der Waals surface area contributed by atoms with Crippen molar-refractivity contribution in [3.05, 3.63) is 0 Å². The van der Waals surface area contributed by atoms with Crippen LogP contribution in [0.2, 0.25) is 0 Å². The maximum Gasteiger partial charge on any atom is 0.503 e. The van der Waals surface area contributed by atoms with Crippen molar-refractivity contribution >= 4 is 6.16 Å². The molecule has 0 aromatic rings. The van der Waals surface area contributed by atoms with Gasteiger partial charge in [-0.05, 0) is 0 Å². The Morgan fingerprint density at radius 1 is 1.25 bits per heavy atom. The lowest BCUT2D eigenvalue weighted by Gasteiger charge is -2.00. The van der Waals surface area contributed by atoms with Crippen molar-refractivity contribution in [3.63, 3.8) is 0 Å². The van der Waals surface area contributed by atoms with Crippen LogP contribution < -0.4 is 0 Å². The second kappa shape index (κ2) is 8.09. The standard InChI is InChI=1S/C4H6F4.CH2O3/c5-2-1-3(6)4(7)8;2-1(3)4/h3-4H,1-2H2;(H2,2,3,4). The van der Waals surface area contributed by atoms with Crippen LogP contribution in [0.15, 0.2) is 0 Å². The van der Waals surface area contributed by atoms with E-state index in [0.29, 0.717) is 0 Å². The van der Waals surface area contributed by atoms with E-state index in [4.69, 9.17) is 15.0 Å². The highest BCUT2D eigenvalue weighted by atomic mass is 19.3. The van der Waals surface area contributed by atoms with Crippen LogP contribution in [0.5, 0.6) is 0 Å². The van der Waals surface area contributed by atoms with Gasteiger partial charge in [-0.15, -0.1) is 0 Å². The number of carboxylic acid groups (broad SMARTS) is 2. The van der Waals surface area contributed by atoms with Gasteiger partial charge in [-0.2, -0.15) is 0 Å². The first-order valence-corrected chi connectivity index (χ1v) is 2.81. The predicted molar refractivity (Wildman–Crippen MR) is 32.1 cm³/mol. The van der Waals surface area contributed by atoms with Crippen molar-refractivity contribution < 1.29 is 32.6 Å². The lowest BCUT2D eigenvalue weighted by Crippen LogP contribution is -2.11. The molecule has 2 N–H and O–H groups in total.